The average molecular weight is 368 g/mol. The molecule has 140 valence electrons. The lowest BCUT2D eigenvalue weighted by atomic mass is 10.1. The van der Waals surface area contributed by atoms with Gasteiger partial charge < -0.3 is 15.0 Å². The minimum absolute atomic E-state index is 0.135. The van der Waals surface area contributed by atoms with E-state index in [1.165, 1.54) is 31.9 Å². The number of nitrogens with zero attached hydrogens (tertiary/aromatic N) is 1. The number of anilines is 2. The van der Waals surface area contributed by atoms with E-state index in [-0.39, 0.29) is 18.2 Å². The van der Waals surface area contributed by atoms with Crippen LogP contribution >= 0.6 is 0 Å². The summed E-state index contributed by atoms with van der Waals surface area (Å²) < 4.78 is 4.65. The Morgan fingerprint density at radius 2 is 1.63 bits per heavy atom. The number of ketones is 1. The topological polar surface area (TPSA) is 92.8 Å². The van der Waals surface area contributed by atoms with Gasteiger partial charge in [-0.1, -0.05) is 18.2 Å². The highest BCUT2D eigenvalue weighted by Gasteiger charge is 2.17. The van der Waals surface area contributed by atoms with E-state index in [4.69, 9.17) is 0 Å². The fraction of sp³-hybridized carbons (Fsp3) is 0.200. The molecule has 2 rings (SSSR count). The highest BCUT2D eigenvalue weighted by atomic mass is 16.5. The van der Waals surface area contributed by atoms with Gasteiger partial charge in [0.15, 0.2) is 5.78 Å². The molecule has 27 heavy (non-hydrogen) atoms. The summed E-state index contributed by atoms with van der Waals surface area (Å²) in [6.07, 6.45) is 0. The van der Waals surface area contributed by atoms with Gasteiger partial charge in [-0.05, 0) is 37.3 Å². The molecule has 2 amide bonds. The summed E-state index contributed by atoms with van der Waals surface area (Å²) >= 11 is 0. The molecule has 7 heteroatoms. The summed E-state index contributed by atoms with van der Waals surface area (Å²) in [5, 5.41) is 2.65. The Balaban J connectivity index is 2.16. The number of methoxy groups -OCH3 is 1. The minimum atomic E-state index is -0.516. The molecule has 0 saturated carbocycles. The quantitative estimate of drug-likeness (QED) is 0.625. The number of esters is 1. The monoisotopic (exact) mass is 368 g/mol. The molecular formula is C20H20N2O5. The largest absolute Gasteiger partial charge is 0.465 e. The smallest absolute Gasteiger partial charge is 0.337 e. The number of nitrogens with one attached hydrogen (secondary N) is 1. The van der Waals surface area contributed by atoms with Gasteiger partial charge in [0, 0.05) is 23.9 Å². The maximum absolute atomic E-state index is 12.4. The maximum Gasteiger partial charge on any atom is 0.337 e. The zero-order valence-corrected chi connectivity index (χ0v) is 15.3. The molecule has 2 aromatic carbocycles. The third-order valence-electron chi connectivity index (χ3n) is 3.81. The van der Waals surface area contributed by atoms with Crippen molar-refractivity contribution >= 4 is 34.9 Å². The Morgan fingerprint density at radius 1 is 0.963 bits per heavy atom. The molecule has 0 bridgehead atoms. The van der Waals surface area contributed by atoms with Gasteiger partial charge in [0.25, 0.3) is 0 Å². The Bertz CT molecular complexity index is 891. The molecule has 0 aliphatic carbocycles. The van der Waals surface area contributed by atoms with E-state index in [1.54, 1.807) is 42.5 Å². The third-order valence-corrected chi connectivity index (χ3v) is 3.81. The SMILES string of the molecule is COC(=O)c1cccc(NC(=O)CN(C(C)=O)c2cccc(C(C)=O)c2)c1. The molecule has 0 fully saturated rings. The van der Waals surface area contributed by atoms with Crippen molar-refractivity contribution in [2.45, 2.75) is 13.8 Å². The van der Waals surface area contributed by atoms with Crippen LogP contribution in [0.5, 0.6) is 0 Å². The second kappa shape index (κ2) is 8.75. The van der Waals surface area contributed by atoms with Crippen LogP contribution in [0.4, 0.5) is 11.4 Å². The summed E-state index contributed by atoms with van der Waals surface area (Å²) in [4.78, 5) is 48.8. The van der Waals surface area contributed by atoms with Crippen LogP contribution in [0.15, 0.2) is 48.5 Å². The maximum atomic E-state index is 12.4. The first kappa shape index (κ1) is 19.8. The van der Waals surface area contributed by atoms with Crippen LogP contribution in [0.2, 0.25) is 0 Å². The second-order valence-corrected chi connectivity index (χ2v) is 5.83. The van der Waals surface area contributed by atoms with E-state index < -0.39 is 11.9 Å². The number of amides is 2. The molecular weight excluding hydrogens is 348 g/mol. The van der Waals surface area contributed by atoms with E-state index >= 15 is 0 Å². The Morgan fingerprint density at radius 3 is 2.26 bits per heavy atom. The van der Waals surface area contributed by atoms with Gasteiger partial charge in [0.2, 0.25) is 11.8 Å². The minimum Gasteiger partial charge on any atom is -0.465 e. The molecule has 7 nitrogen and oxygen atoms in total. The number of Topliss-reactive ketones (excluding diaryl/α,β-unsaturated/α-hetero) is 1. The van der Waals surface area contributed by atoms with Gasteiger partial charge in [-0.3, -0.25) is 14.4 Å². The highest BCUT2D eigenvalue weighted by molar-refractivity contribution is 6.03. The fourth-order valence-corrected chi connectivity index (χ4v) is 2.46. The van der Waals surface area contributed by atoms with Crippen LogP contribution in [0.1, 0.15) is 34.6 Å². The molecule has 0 saturated heterocycles. The zero-order valence-electron chi connectivity index (χ0n) is 15.3. The Labute approximate surface area is 156 Å². The number of ether oxygens (including phenoxy) is 1. The van der Waals surface area contributed by atoms with E-state index in [9.17, 15) is 19.2 Å². The van der Waals surface area contributed by atoms with Crippen LogP contribution in [0, 0.1) is 0 Å². The summed E-state index contributed by atoms with van der Waals surface area (Å²) in [6, 6.07) is 12.8. The molecule has 0 heterocycles. The number of carbonyl (C=O) groups excluding carboxylic acids is 4. The van der Waals surface area contributed by atoms with Gasteiger partial charge in [0.1, 0.15) is 6.54 Å². The molecule has 2 aromatic rings. The molecule has 0 unspecified atom stereocenters. The van der Waals surface area contributed by atoms with Crippen molar-refractivity contribution < 1.29 is 23.9 Å². The first-order valence-corrected chi connectivity index (χ1v) is 8.19. The van der Waals surface area contributed by atoms with Crippen LogP contribution in [0.3, 0.4) is 0 Å². The van der Waals surface area contributed by atoms with Crippen molar-refractivity contribution in [2.75, 3.05) is 23.9 Å². The van der Waals surface area contributed by atoms with Crippen molar-refractivity contribution in [2.24, 2.45) is 0 Å². The van der Waals surface area contributed by atoms with Gasteiger partial charge in [-0.25, -0.2) is 4.79 Å². The van der Waals surface area contributed by atoms with E-state index in [0.717, 1.165) is 0 Å². The molecule has 1 N–H and O–H groups in total. The predicted octanol–water partition coefficient (Wildman–Crippen LogP) is 2.67. The first-order chi connectivity index (χ1) is 12.8. The number of hydrogen-bond donors (Lipinski definition) is 1. The first-order valence-electron chi connectivity index (χ1n) is 8.19. The van der Waals surface area contributed by atoms with Crippen molar-refractivity contribution in [3.8, 4) is 0 Å². The third kappa shape index (κ3) is 5.24. The second-order valence-electron chi connectivity index (χ2n) is 5.83. The normalized spacial score (nSPS) is 10.0. The van der Waals surface area contributed by atoms with Crippen molar-refractivity contribution in [1.29, 1.82) is 0 Å². The van der Waals surface area contributed by atoms with Crippen molar-refractivity contribution in [3.05, 3.63) is 59.7 Å². The van der Waals surface area contributed by atoms with Gasteiger partial charge in [-0.15, -0.1) is 0 Å². The lowest BCUT2D eigenvalue weighted by molar-refractivity contribution is -0.120. The summed E-state index contributed by atoms with van der Waals surface area (Å²) in [7, 11) is 1.27. The van der Waals surface area contributed by atoms with Gasteiger partial charge >= 0.3 is 5.97 Å². The summed E-state index contributed by atoms with van der Waals surface area (Å²) in [6.45, 7) is 2.53. The standard InChI is InChI=1S/C20H20N2O5/c1-13(23)15-6-5-9-18(11-15)22(14(2)24)12-19(25)21-17-8-4-7-16(10-17)20(26)27-3/h4-11H,12H2,1-3H3,(H,21,25). The number of hydrogen-bond acceptors (Lipinski definition) is 5. The van der Waals surface area contributed by atoms with Gasteiger partial charge in [-0.2, -0.15) is 0 Å². The van der Waals surface area contributed by atoms with Gasteiger partial charge in [0.05, 0.1) is 12.7 Å². The van der Waals surface area contributed by atoms with Crippen LogP contribution < -0.4 is 10.2 Å². The molecule has 0 aromatic heterocycles. The fourth-order valence-electron chi connectivity index (χ4n) is 2.46. The Hall–Kier alpha value is -3.48. The van der Waals surface area contributed by atoms with Crippen LogP contribution in [0.25, 0.3) is 0 Å². The van der Waals surface area contributed by atoms with E-state index in [2.05, 4.69) is 10.1 Å². The van der Waals surface area contributed by atoms with E-state index in [1.807, 2.05) is 0 Å². The molecule has 0 atom stereocenters. The number of carbonyl (C=O) groups is 4. The van der Waals surface area contributed by atoms with Crippen LogP contribution in [-0.4, -0.2) is 37.2 Å². The average Bonchev–Trinajstić information content (AvgIpc) is 2.65. The Kier molecular flexibility index (Phi) is 6.43. The van der Waals surface area contributed by atoms with Crippen molar-refractivity contribution in [1.82, 2.24) is 0 Å². The molecule has 0 aliphatic rings. The van der Waals surface area contributed by atoms with Crippen LogP contribution in [-0.2, 0) is 14.3 Å². The molecule has 0 spiro atoms. The molecule has 0 radical (unpaired) electrons. The summed E-state index contributed by atoms with van der Waals surface area (Å²) in [5.74, 6) is -1.43. The molecule has 0 aliphatic heterocycles. The number of rotatable bonds is 6. The lowest BCUT2D eigenvalue weighted by Gasteiger charge is -2.21. The lowest BCUT2D eigenvalue weighted by Crippen LogP contribution is -2.36. The highest BCUT2D eigenvalue weighted by Crippen LogP contribution is 2.18. The van der Waals surface area contributed by atoms with E-state index in [0.29, 0.717) is 22.5 Å². The zero-order chi connectivity index (χ0) is 20.0. The predicted molar refractivity (Wildman–Crippen MR) is 101 cm³/mol. The summed E-state index contributed by atoms with van der Waals surface area (Å²) in [5.41, 5.74) is 1.61. The number of benzene rings is 2. The van der Waals surface area contributed by atoms with Crippen molar-refractivity contribution in [3.63, 3.8) is 0 Å².